The monoisotopic (exact) mass is 258 g/mol. The Bertz CT molecular complexity index is 462. The average Bonchev–Trinajstić information content (AvgIpc) is 2.75. The molecule has 0 radical (unpaired) electrons. The first-order chi connectivity index (χ1) is 8.09. The third-order valence-electron chi connectivity index (χ3n) is 3.09. The molecule has 1 aliphatic heterocycles. The molecule has 0 aromatic carbocycles. The number of nitrogens with one attached hydrogen (secondary N) is 3. The Morgan fingerprint density at radius 3 is 2.76 bits per heavy atom. The zero-order valence-corrected chi connectivity index (χ0v) is 10.7. The van der Waals surface area contributed by atoms with E-state index in [0.29, 0.717) is 18.2 Å². The number of hydrogen-bond donors (Lipinski definition) is 3. The van der Waals surface area contributed by atoms with Crippen molar-refractivity contribution in [3.63, 3.8) is 0 Å². The van der Waals surface area contributed by atoms with Crippen molar-refractivity contribution in [2.45, 2.75) is 24.7 Å². The van der Waals surface area contributed by atoms with Crippen LogP contribution in [0.3, 0.4) is 0 Å². The molecule has 2 rings (SSSR count). The van der Waals surface area contributed by atoms with E-state index in [2.05, 4.69) is 20.2 Å². The highest BCUT2D eigenvalue weighted by Crippen LogP contribution is 2.14. The molecule has 7 heteroatoms. The molecule has 1 aliphatic rings. The van der Waals surface area contributed by atoms with Crippen LogP contribution in [0.4, 0.5) is 0 Å². The largest absolute Gasteiger partial charge is 0.317 e. The summed E-state index contributed by atoms with van der Waals surface area (Å²) in [4.78, 5) is 0.242. The number of H-pyrrole nitrogens is 1. The normalized spacial score (nSPS) is 18.4. The van der Waals surface area contributed by atoms with Crippen LogP contribution in [-0.4, -0.2) is 38.2 Å². The van der Waals surface area contributed by atoms with Gasteiger partial charge < -0.3 is 5.32 Å². The molecule has 0 atom stereocenters. The Morgan fingerprint density at radius 1 is 1.47 bits per heavy atom. The zero-order valence-electron chi connectivity index (χ0n) is 9.86. The first-order valence-electron chi connectivity index (χ1n) is 5.80. The SMILES string of the molecule is Cc1[nH]ncc1S(=O)(=O)NCC1CCNCC1. The van der Waals surface area contributed by atoms with Crippen LogP contribution in [0.15, 0.2) is 11.1 Å². The summed E-state index contributed by atoms with van der Waals surface area (Å²) in [5.74, 6) is 0.429. The smallest absolute Gasteiger partial charge is 0.243 e. The van der Waals surface area contributed by atoms with Crippen LogP contribution in [0.25, 0.3) is 0 Å². The summed E-state index contributed by atoms with van der Waals surface area (Å²) in [7, 11) is -3.41. The summed E-state index contributed by atoms with van der Waals surface area (Å²) < 4.78 is 26.6. The fraction of sp³-hybridized carbons (Fsp3) is 0.700. The summed E-state index contributed by atoms with van der Waals surface area (Å²) in [5, 5.41) is 9.62. The maximum atomic E-state index is 12.0. The van der Waals surface area contributed by atoms with Gasteiger partial charge in [0.2, 0.25) is 10.0 Å². The van der Waals surface area contributed by atoms with E-state index in [9.17, 15) is 8.42 Å². The molecule has 0 spiro atoms. The molecular weight excluding hydrogens is 240 g/mol. The summed E-state index contributed by atoms with van der Waals surface area (Å²) in [5.41, 5.74) is 0.572. The van der Waals surface area contributed by atoms with Gasteiger partial charge in [-0.05, 0) is 38.8 Å². The number of aromatic amines is 1. The van der Waals surface area contributed by atoms with Crippen LogP contribution in [-0.2, 0) is 10.0 Å². The van der Waals surface area contributed by atoms with Crippen LogP contribution in [0.2, 0.25) is 0 Å². The van der Waals surface area contributed by atoms with Gasteiger partial charge in [-0.1, -0.05) is 0 Å². The van der Waals surface area contributed by atoms with Gasteiger partial charge in [0.1, 0.15) is 4.90 Å². The van der Waals surface area contributed by atoms with Gasteiger partial charge in [0.15, 0.2) is 0 Å². The van der Waals surface area contributed by atoms with E-state index in [1.165, 1.54) is 6.20 Å². The minimum absolute atomic E-state index is 0.242. The molecule has 0 aliphatic carbocycles. The summed E-state index contributed by atoms with van der Waals surface area (Å²) in [6.07, 6.45) is 3.39. The van der Waals surface area contributed by atoms with Crippen molar-refractivity contribution in [1.82, 2.24) is 20.2 Å². The molecule has 1 saturated heterocycles. The lowest BCUT2D eigenvalue weighted by molar-refractivity contribution is 0.372. The highest BCUT2D eigenvalue weighted by Gasteiger charge is 2.21. The van der Waals surface area contributed by atoms with E-state index < -0.39 is 10.0 Å². The van der Waals surface area contributed by atoms with Gasteiger partial charge in [-0.15, -0.1) is 0 Å². The average molecular weight is 258 g/mol. The second-order valence-corrected chi connectivity index (χ2v) is 6.14. The van der Waals surface area contributed by atoms with Crippen molar-refractivity contribution in [2.24, 2.45) is 5.92 Å². The Balaban J connectivity index is 1.96. The van der Waals surface area contributed by atoms with Crippen molar-refractivity contribution < 1.29 is 8.42 Å². The standard InChI is InChI=1S/C10H18N4O2S/c1-8-10(7-12-14-8)17(15,16)13-6-9-2-4-11-5-3-9/h7,9,11,13H,2-6H2,1H3,(H,12,14). The van der Waals surface area contributed by atoms with E-state index in [1.807, 2.05) is 0 Å². The van der Waals surface area contributed by atoms with Crippen LogP contribution >= 0.6 is 0 Å². The van der Waals surface area contributed by atoms with Crippen molar-refractivity contribution >= 4 is 10.0 Å². The first kappa shape index (κ1) is 12.5. The molecule has 0 bridgehead atoms. The van der Waals surface area contributed by atoms with Gasteiger partial charge in [0.05, 0.1) is 11.9 Å². The van der Waals surface area contributed by atoms with E-state index in [4.69, 9.17) is 0 Å². The second-order valence-electron chi connectivity index (χ2n) is 4.40. The van der Waals surface area contributed by atoms with Crippen molar-refractivity contribution in [2.75, 3.05) is 19.6 Å². The highest BCUT2D eigenvalue weighted by molar-refractivity contribution is 7.89. The van der Waals surface area contributed by atoms with Crippen LogP contribution in [0.1, 0.15) is 18.5 Å². The Morgan fingerprint density at radius 2 is 2.18 bits per heavy atom. The molecule has 96 valence electrons. The van der Waals surface area contributed by atoms with Gasteiger partial charge in [-0.2, -0.15) is 5.10 Å². The van der Waals surface area contributed by atoms with E-state index >= 15 is 0 Å². The van der Waals surface area contributed by atoms with Crippen LogP contribution < -0.4 is 10.0 Å². The summed E-state index contributed by atoms with van der Waals surface area (Å²) in [6, 6.07) is 0. The number of rotatable bonds is 4. The highest BCUT2D eigenvalue weighted by atomic mass is 32.2. The molecule has 0 saturated carbocycles. The molecule has 1 fully saturated rings. The number of nitrogens with zero attached hydrogens (tertiary/aromatic N) is 1. The molecule has 1 aromatic rings. The van der Waals surface area contributed by atoms with Gasteiger partial charge in [-0.3, -0.25) is 5.10 Å². The lowest BCUT2D eigenvalue weighted by Crippen LogP contribution is -2.36. The Kier molecular flexibility index (Phi) is 3.80. The van der Waals surface area contributed by atoms with Gasteiger partial charge >= 0.3 is 0 Å². The molecule has 3 N–H and O–H groups in total. The maximum absolute atomic E-state index is 12.0. The third-order valence-corrected chi connectivity index (χ3v) is 4.63. The van der Waals surface area contributed by atoms with Gasteiger partial charge in [-0.25, -0.2) is 13.1 Å². The molecular formula is C10H18N4O2S. The zero-order chi connectivity index (χ0) is 12.3. The fourth-order valence-electron chi connectivity index (χ4n) is 2.00. The van der Waals surface area contributed by atoms with Crippen molar-refractivity contribution in [1.29, 1.82) is 0 Å². The van der Waals surface area contributed by atoms with Gasteiger partial charge in [0.25, 0.3) is 0 Å². The maximum Gasteiger partial charge on any atom is 0.243 e. The quantitative estimate of drug-likeness (QED) is 0.709. The molecule has 2 heterocycles. The number of aromatic nitrogens is 2. The van der Waals surface area contributed by atoms with Gasteiger partial charge in [0, 0.05) is 6.54 Å². The minimum Gasteiger partial charge on any atom is -0.317 e. The number of sulfonamides is 1. The molecule has 17 heavy (non-hydrogen) atoms. The van der Waals surface area contributed by atoms with Crippen LogP contribution in [0.5, 0.6) is 0 Å². The fourth-order valence-corrected chi connectivity index (χ4v) is 3.25. The predicted molar refractivity (Wildman–Crippen MR) is 64.1 cm³/mol. The van der Waals surface area contributed by atoms with Crippen LogP contribution in [0, 0.1) is 12.8 Å². The number of piperidine rings is 1. The first-order valence-corrected chi connectivity index (χ1v) is 7.28. The molecule has 6 nitrogen and oxygen atoms in total. The molecule has 1 aromatic heterocycles. The van der Waals surface area contributed by atoms with E-state index in [0.717, 1.165) is 25.9 Å². The molecule has 0 amide bonds. The number of aryl methyl sites for hydroxylation is 1. The topological polar surface area (TPSA) is 86.9 Å². The third kappa shape index (κ3) is 3.05. The Labute approximate surface area is 101 Å². The summed E-state index contributed by atoms with van der Waals surface area (Å²) in [6.45, 7) is 4.15. The Hall–Kier alpha value is -0.920. The minimum atomic E-state index is -3.41. The lowest BCUT2D eigenvalue weighted by atomic mass is 9.99. The lowest BCUT2D eigenvalue weighted by Gasteiger charge is -2.22. The van der Waals surface area contributed by atoms with E-state index in [1.54, 1.807) is 6.92 Å². The second kappa shape index (κ2) is 5.16. The predicted octanol–water partition coefficient (Wildman–Crippen LogP) is -0.00398. The number of hydrogen-bond acceptors (Lipinski definition) is 4. The van der Waals surface area contributed by atoms with Crippen molar-refractivity contribution in [3.8, 4) is 0 Å². The summed E-state index contributed by atoms with van der Waals surface area (Å²) >= 11 is 0. The van der Waals surface area contributed by atoms with Crippen molar-refractivity contribution in [3.05, 3.63) is 11.9 Å². The molecule has 0 unspecified atom stereocenters. The van der Waals surface area contributed by atoms with E-state index in [-0.39, 0.29) is 4.90 Å².